The highest BCUT2D eigenvalue weighted by Gasteiger charge is 2.46. The lowest BCUT2D eigenvalue weighted by Gasteiger charge is -2.38. The molecule has 3 heterocycles. The van der Waals surface area contributed by atoms with E-state index in [9.17, 15) is 4.79 Å². The van der Waals surface area contributed by atoms with Gasteiger partial charge in [0.25, 0.3) is 0 Å². The number of thiophene rings is 1. The normalized spacial score (nSPS) is 23.9. The van der Waals surface area contributed by atoms with Crippen LogP contribution in [0.1, 0.15) is 67.6 Å². The summed E-state index contributed by atoms with van der Waals surface area (Å²) >= 11 is 5.28. The van der Waals surface area contributed by atoms with E-state index in [0.29, 0.717) is 12.3 Å². The molecule has 1 atom stereocenters. The molecule has 1 saturated heterocycles. The van der Waals surface area contributed by atoms with Gasteiger partial charge < -0.3 is 9.84 Å². The number of nitrogens with one attached hydrogen (secondary N) is 1. The Kier molecular flexibility index (Phi) is 4.01. The van der Waals surface area contributed by atoms with Crippen molar-refractivity contribution in [1.29, 1.82) is 0 Å². The number of carbonyl (C=O) groups is 1. The molecule has 1 aliphatic carbocycles. The first-order valence-corrected chi connectivity index (χ1v) is 9.68. The summed E-state index contributed by atoms with van der Waals surface area (Å²) in [7, 11) is 0. The Morgan fingerprint density at radius 2 is 2.17 bits per heavy atom. The summed E-state index contributed by atoms with van der Waals surface area (Å²) in [5, 5.41) is 7.28. The van der Waals surface area contributed by atoms with Crippen LogP contribution in [0, 0.1) is 0 Å². The van der Waals surface area contributed by atoms with Crippen molar-refractivity contribution in [1.82, 2.24) is 15.5 Å². The zero-order valence-electron chi connectivity index (χ0n) is 12.7. The Hall–Kier alpha value is -1.21. The molecule has 23 heavy (non-hydrogen) atoms. The summed E-state index contributed by atoms with van der Waals surface area (Å²) in [6.07, 6.45) is 6.67. The molecule has 0 radical (unpaired) electrons. The molecule has 0 bridgehead atoms. The summed E-state index contributed by atoms with van der Waals surface area (Å²) in [5.41, 5.74) is -0.104. The summed E-state index contributed by atoms with van der Waals surface area (Å²) in [4.78, 5) is 17.7. The molecule has 122 valence electrons. The van der Waals surface area contributed by atoms with Gasteiger partial charge in [-0.2, -0.15) is 4.98 Å². The van der Waals surface area contributed by atoms with Crippen molar-refractivity contribution in [2.45, 2.75) is 56.4 Å². The number of amides is 1. The Morgan fingerprint density at radius 1 is 1.30 bits per heavy atom. The van der Waals surface area contributed by atoms with E-state index in [1.165, 1.54) is 11.3 Å². The minimum absolute atomic E-state index is 0.0767. The zero-order chi connectivity index (χ0) is 15.9. The zero-order valence-corrected chi connectivity index (χ0v) is 15.1. The van der Waals surface area contributed by atoms with Gasteiger partial charge in [0.05, 0.1) is 9.20 Å². The van der Waals surface area contributed by atoms with Gasteiger partial charge in [-0.25, -0.2) is 0 Å². The lowest BCUT2D eigenvalue weighted by Crippen LogP contribution is -2.36. The van der Waals surface area contributed by atoms with E-state index < -0.39 is 0 Å². The number of rotatable bonds is 3. The quantitative estimate of drug-likeness (QED) is 0.849. The van der Waals surface area contributed by atoms with Crippen LogP contribution in [0.15, 0.2) is 20.4 Å². The van der Waals surface area contributed by atoms with Gasteiger partial charge in [0.1, 0.15) is 6.04 Å². The summed E-state index contributed by atoms with van der Waals surface area (Å²) in [5.74, 6) is 1.40. The summed E-state index contributed by atoms with van der Waals surface area (Å²) < 4.78 is 6.66. The minimum Gasteiger partial charge on any atom is -0.344 e. The molecule has 4 rings (SSSR count). The molecule has 1 aliphatic heterocycles. The van der Waals surface area contributed by atoms with Crippen molar-refractivity contribution >= 4 is 33.2 Å². The molecular weight excluding hydrogens is 378 g/mol. The fourth-order valence-electron chi connectivity index (χ4n) is 3.41. The first-order chi connectivity index (χ1) is 11.2. The van der Waals surface area contributed by atoms with Gasteiger partial charge in [-0.15, -0.1) is 11.3 Å². The van der Waals surface area contributed by atoms with Crippen molar-refractivity contribution in [2.24, 2.45) is 0 Å². The largest absolute Gasteiger partial charge is 0.344 e. The van der Waals surface area contributed by atoms with E-state index in [2.05, 4.69) is 43.5 Å². The molecule has 1 saturated carbocycles. The van der Waals surface area contributed by atoms with Crippen molar-refractivity contribution in [3.05, 3.63) is 32.5 Å². The van der Waals surface area contributed by atoms with Crippen LogP contribution >= 0.6 is 27.3 Å². The third-order valence-corrected chi connectivity index (χ3v) is 6.73. The number of hydrogen-bond donors (Lipinski definition) is 1. The number of carbonyl (C=O) groups excluding carboxylic acids is 1. The van der Waals surface area contributed by atoms with Gasteiger partial charge in [-0.05, 0) is 53.7 Å². The number of hydrogen-bond acceptors (Lipinski definition) is 5. The van der Waals surface area contributed by atoms with Crippen LogP contribution in [0.5, 0.6) is 0 Å². The second-order valence-electron chi connectivity index (χ2n) is 6.36. The lowest BCUT2D eigenvalue weighted by molar-refractivity contribution is -0.121. The molecule has 5 nitrogen and oxygen atoms in total. The smallest absolute Gasteiger partial charge is 0.249 e. The van der Waals surface area contributed by atoms with Gasteiger partial charge in [-0.1, -0.05) is 18.0 Å². The molecule has 7 heteroatoms. The predicted octanol–water partition coefficient (Wildman–Crippen LogP) is 4.09. The predicted molar refractivity (Wildman–Crippen MR) is 90.3 cm³/mol. The summed E-state index contributed by atoms with van der Waals surface area (Å²) in [6.45, 7) is 0. The second-order valence-corrected chi connectivity index (χ2v) is 8.82. The number of aromatic nitrogens is 2. The average Bonchev–Trinajstić information content (AvgIpc) is 3.07. The van der Waals surface area contributed by atoms with Crippen LogP contribution in [0.4, 0.5) is 0 Å². The second kappa shape index (κ2) is 6.02. The number of nitrogens with zero attached hydrogens (tertiary/aromatic N) is 2. The maximum Gasteiger partial charge on any atom is 0.249 e. The third-order valence-electron chi connectivity index (χ3n) is 4.90. The van der Waals surface area contributed by atoms with E-state index in [-0.39, 0.29) is 17.4 Å². The Balaban J connectivity index is 1.63. The molecular formula is C16H18BrN3O2S. The molecule has 2 aliphatic rings. The van der Waals surface area contributed by atoms with Crippen LogP contribution in [-0.4, -0.2) is 16.0 Å². The third kappa shape index (κ3) is 2.74. The van der Waals surface area contributed by atoms with Crippen LogP contribution in [-0.2, 0) is 10.2 Å². The minimum atomic E-state index is -0.140. The highest BCUT2D eigenvalue weighted by Crippen LogP contribution is 2.50. The van der Waals surface area contributed by atoms with Crippen molar-refractivity contribution < 1.29 is 9.32 Å². The highest BCUT2D eigenvalue weighted by atomic mass is 79.9. The van der Waals surface area contributed by atoms with Crippen molar-refractivity contribution in [3.63, 3.8) is 0 Å². The monoisotopic (exact) mass is 395 g/mol. The maximum atomic E-state index is 11.8. The van der Waals surface area contributed by atoms with E-state index in [0.717, 1.165) is 41.7 Å². The maximum absolute atomic E-state index is 11.8. The van der Waals surface area contributed by atoms with Crippen molar-refractivity contribution in [2.75, 3.05) is 0 Å². The van der Waals surface area contributed by atoms with E-state index >= 15 is 0 Å². The average molecular weight is 396 g/mol. The SMILES string of the molecule is O=C1CCCCC(c2nc(C3(c4ccc(Br)s4)CCC3)no2)N1. The van der Waals surface area contributed by atoms with Crippen molar-refractivity contribution in [3.8, 4) is 0 Å². The van der Waals surface area contributed by atoms with Gasteiger partial charge in [0, 0.05) is 11.3 Å². The lowest BCUT2D eigenvalue weighted by atomic mass is 9.67. The Bertz CT molecular complexity index is 722. The molecule has 2 fully saturated rings. The van der Waals surface area contributed by atoms with E-state index in [4.69, 9.17) is 4.52 Å². The Morgan fingerprint density at radius 3 is 2.87 bits per heavy atom. The van der Waals surface area contributed by atoms with Crippen LogP contribution in [0.25, 0.3) is 0 Å². The van der Waals surface area contributed by atoms with Gasteiger partial charge in [0.15, 0.2) is 5.82 Å². The fraction of sp³-hybridized carbons (Fsp3) is 0.562. The molecule has 2 aromatic rings. The molecule has 1 amide bonds. The van der Waals surface area contributed by atoms with E-state index in [1.807, 2.05) is 0 Å². The first kappa shape index (κ1) is 15.3. The van der Waals surface area contributed by atoms with Gasteiger partial charge >= 0.3 is 0 Å². The van der Waals surface area contributed by atoms with Gasteiger partial charge in [0.2, 0.25) is 11.8 Å². The van der Waals surface area contributed by atoms with Crippen LogP contribution < -0.4 is 5.32 Å². The molecule has 1 N–H and O–H groups in total. The Labute approximate surface area is 147 Å². The number of halogens is 1. The van der Waals surface area contributed by atoms with E-state index in [1.54, 1.807) is 11.3 Å². The summed E-state index contributed by atoms with van der Waals surface area (Å²) in [6, 6.07) is 4.09. The first-order valence-electron chi connectivity index (χ1n) is 8.07. The molecule has 2 aromatic heterocycles. The van der Waals surface area contributed by atoms with Gasteiger partial charge in [-0.3, -0.25) is 4.79 Å². The fourth-order valence-corrected chi connectivity index (χ4v) is 5.04. The molecule has 0 aromatic carbocycles. The highest BCUT2D eigenvalue weighted by molar-refractivity contribution is 9.11. The standard InChI is InChI=1S/C16H18BrN3O2S/c17-12-7-6-11(23-12)16(8-3-9-16)15-19-14(22-20-15)10-4-1-2-5-13(21)18-10/h6-7,10H,1-5,8-9H2,(H,18,21). The molecule has 0 spiro atoms. The van der Waals surface area contributed by atoms with Crippen LogP contribution in [0.2, 0.25) is 0 Å². The molecule has 1 unspecified atom stereocenters. The van der Waals surface area contributed by atoms with Crippen LogP contribution in [0.3, 0.4) is 0 Å². The topological polar surface area (TPSA) is 68.0 Å².